The van der Waals surface area contributed by atoms with Crippen LogP contribution in [0.15, 0.2) is 16.8 Å². The van der Waals surface area contributed by atoms with Gasteiger partial charge in [-0.25, -0.2) is 4.63 Å². The van der Waals surface area contributed by atoms with Gasteiger partial charge >= 0.3 is 0 Å². The van der Waals surface area contributed by atoms with Crippen molar-refractivity contribution in [1.29, 1.82) is 0 Å². The molecule has 0 atom stereocenters. The second-order valence-corrected chi connectivity index (χ2v) is 4.08. The number of anilines is 2. The first-order chi connectivity index (χ1) is 9.17. The summed E-state index contributed by atoms with van der Waals surface area (Å²) in [4.78, 5) is 13.7. The molecule has 7 heteroatoms. The third-order valence-electron chi connectivity index (χ3n) is 2.99. The van der Waals surface area contributed by atoms with E-state index in [4.69, 9.17) is 5.73 Å². The van der Waals surface area contributed by atoms with Crippen molar-refractivity contribution >= 4 is 28.3 Å². The van der Waals surface area contributed by atoms with Crippen molar-refractivity contribution in [3.63, 3.8) is 0 Å². The fourth-order valence-corrected chi connectivity index (χ4v) is 1.89. The summed E-state index contributed by atoms with van der Waals surface area (Å²) in [5.74, 6) is 0.0337. The highest BCUT2D eigenvalue weighted by molar-refractivity contribution is 5.96. The molecule has 1 aromatic carbocycles. The summed E-state index contributed by atoms with van der Waals surface area (Å²) < 4.78 is 4.67. The molecule has 2 aromatic rings. The van der Waals surface area contributed by atoms with Crippen LogP contribution >= 0.6 is 0 Å². The molecule has 0 spiro atoms. The molecule has 1 aromatic heterocycles. The zero-order chi connectivity index (χ0) is 13.8. The number of nitrogen functional groups attached to an aromatic ring is 1. The van der Waals surface area contributed by atoms with E-state index in [-0.39, 0.29) is 12.5 Å². The Kier molecular flexibility index (Phi) is 3.84. The van der Waals surface area contributed by atoms with E-state index in [1.807, 2.05) is 13.8 Å². The van der Waals surface area contributed by atoms with Crippen LogP contribution in [0.1, 0.15) is 13.8 Å². The Hall–Kier alpha value is -2.31. The number of carbonyl (C=O) groups is 1. The minimum Gasteiger partial charge on any atom is -0.397 e. The zero-order valence-electron chi connectivity index (χ0n) is 11.0. The largest absolute Gasteiger partial charge is 0.397 e. The molecule has 0 radical (unpaired) electrons. The van der Waals surface area contributed by atoms with Crippen molar-refractivity contribution in [3.05, 3.63) is 12.1 Å². The Labute approximate surface area is 110 Å². The van der Waals surface area contributed by atoms with Crippen LogP contribution in [0.2, 0.25) is 0 Å². The number of benzene rings is 1. The van der Waals surface area contributed by atoms with Crippen molar-refractivity contribution in [1.82, 2.24) is 15.2 Å². The van der Waals surface area contributed by atoms with Gasteiger partial charge in [-0.2, -0.15) is 0 Å². The van der Waals surface area contributed by atoms with E-state index in [1.54, 1.807) is 17.0 Å². The fraction of sp³-hybridized carbons (Fsp3) is 0.417. The molecule has 0 aliphatic carbocycles. The van der Waals surface area contributed by atoms with Gasteiger partial charge in [-0.15, -0.1) is 0 Å². The van der Waals surface area contributed by atoms with Gasteiger partial charge in [0.2, 0.25) is 5.91 Å². The number of nitrogens with one attached hydrogen (secondary N) is 1. The summed E-state index contributed by atoms with van der Waals surface area (Å²) in [5, 5.41) is 10.6. The molecule has 19 heavy (non-hydrogen) atoms. The maximum absolute atomic E-state index is 11.9. The number of hydrogen-bond donors (Lipinski definition) is 2. The van der Waals surface area contributed by atoms with Crippen molar-refractivity contribution in [2.24, 2.45) is 0 Å². The molecule has 3 N–H and O–H groups in total. The second-order valence-electron chi connectivity index (χ2n) is 4.08. The summed E-state index contributed by atoms with van der Waals surface area (Å²) >= 11 is 0. The van der Waals surface area contributed by atoms with Crippen LogP contribution in [0.25, 0.3) is 11.0 Å². The molecule has 1 amide bonds. The third-order valence-corrected chi connectivity index (χ3v) is 2.99. The van der Waals surface area contributed by atoms with Crippen LogP contribution in [-0.2, 0) is 4.79 Å². The van der Waals surface area contributed by atoms with E-state index in [0.29, 0.717) is 35.5 Å². The van der Waals surface area contributed by atoms with E-state index in [9.17, 15) is 4.79 Å². The molecule has 7 nitrogen and oxygen atoms in total. The molecule has 102 valence electrons. The number of likely N-dealkylation sites (N-methyl/N-ethyl adjacent to an activating group) is 1. The van der Waals surface area contributed by atoms with Crippen LogP contribution in [0.4, 0.5) is 11.4 Å². The van der Waals surface area contributed by atoms with Gasteiger partial charge in [-0.3, -0.25) is 4.79 Å². The van der Waals surface area contributed by atoms with Gasteiger partial charge in [-0.1, -0.05) is 0 Å². The lowest BCUT2D eigenvalue weighted by molar-refractivity contribution is -0.128. The number of nitrogens with zero attached hydrogens (tertiary/aromatic N) is 3. The monoisotopic (exact) mass is 263 g/mol. The van der Waals surface area contributed by atoms with Gasteiger partial charge in [-0.05, 0) is 36.3 Å². The molecule has 0 saturated carbocycles. The predicted octanol–water partition coefficient (Wildman–Crippen LogP) is 1.09. The first-order valence-electron chi connectivity index (χ1n) is 6.19. The average molecular weight is 263 g/mol. The Balaban J connectivity index is 2.12. The van der Waals surface area contributed by atoms with Crippen molar-refractivity contribution in [2.45, 2.75) is 13.8 Å². The maximum atomic E-state index is 11.9. The molecule has 1 heterocycles. The standard InChI is InChI=1S/C12H17N5O2/c1-3-17(4-2)10(18)7-14-9-6-5-8(13)11-12(9)16-19-15-11/h5-6,14H,3-4,7,13H2,1-2H3. The average Bonchev–Trinajstić information content (AvgIpc) is 2.90. The zero-order valence-corrected chi connectivity index (χ0v) is 11.0. The van der Waals surface area contributed by atoms with Gasteiger partial charge in [0, 0.05) is 13.1 Å². The lowest BCUT2D eigenvalue weighted by Crippen LogP contribution is -2.35. The highest BCUT2D eigenvalue weighted by Gasteiger charge is 2.13. The molecule has 0 bridgehead atoms. The molecule has 0 unspecified atom stereocenters. The van der Waals surface area contributed by atoms with Gasteiger partial charge in [0.15, 0.2) is 11.0 Å². The van der Waals surface area contributed by atoms with Gasteiger partial charge in [0.1, 0.15) is 0 Å². The van der Waals surface area contributed by atoms with E-state index < -0.39 is 0 Å². The van der Waals surface area contributed by atoms with E-state index >= 15 is 0 Å². The normalized spacial score (nSPS) is 10.6. The smallest absolute Gasteiger partial charge is 0.241 e. The second kappa shape index (κ2) is 5.55. The van der Waals surface area contributed by atoms with Crippen LogP contribution in [0, 0.1) is 0 Å². The van der Waals surface area contributed by atoms with E-state index in [0.717, 1.165) is 0 Å². The Bertz CT molecular complexity index is 577. The molecule has 0 fully saturated rings. The first-order valence-corrected chi connectivity index (χ1v) is 6.19. The minimum atomic E-state index is 0.0337. The van der Waals surface area contributed by atoms with Crippen molar-refractivity contribution < 1.29 is 9.42 Å². The number of fused-ring (bicyclic) bond motifs is 1. The minimum absolute atomic E-state index is 0.0337. The molecular weight excluding hydrogens is 246 g/mol. The predicted molar refractivity (Wildman–Crippen MR) is 72.6 cm³/mol. The van der Waals surface area contributed by atoms with Crippen LogP contribution in [0.3, 0.4) is 0 Å². The molecule has 2 rings (SSSR count). The maximum Gasteiger partial charge on any atom is 0.241 e. The van der Waals surface area contributed by atoms with Gasteiger partial charge < -0.3 is 16.0 Å². The lowest BCUT2D eigenvalue weighted by Gasteiger charge is -2.19. The Morgan fingerprint density at radius 2 is 2.00 bits per heavy atom. The Morgan fingerprint density at radius 1 is 1.32 bits per heavy atom. The van der Waals surface area contributed by atoms with Crippen LogP contribution in [-0.4, -0.2) is 40.8 Å². The van der Waals surface area contributed by atoms with Crippen molar-refractivity contribution in [2.75, 3.05) is 30.7 Å². The summed E-state index contributed by atoms with van der Waals surface area (Å²) in [6.07, 6.45) is 0. The number of hydrogen-bond acceptors (Lipinski definition) is 6. The van der Waals surface area contributed by atoms with Gasteiger partial charge in [0.05, 0.1) is 17.9 Å². The molecule has 0 saturated heterocycles. The number of rotatable bonds is 5. The molecule has 0 aliphatic heterocycles. The first kappa shape index (κ1) is 13.1. The highest BCUT2D eigenvalue weighted by atomic mass is 16.6. The van der Waals surface area contributed by atoms with Crippen LogP contribution < -0.4 is 11.1 Å². The highest BCUT2D eigenvalue weighted by Crippen LogP contribution is 2.24. The number of aromatic nitrogens is 2. The SMILES string of the molecule is CCN(CC)C(=O)CNc1ccc(N)c2nonc12. The molecule has 0 aliphatic rings. The number of nitrogens with two attached hydrogens (primary N) is 1. The quantitative estimate of drug-likeness (QED) is 0.783. The van der Waals surface area contributed by atoms with E-state index in [1.165, 1.54) is 0 Å². The fourth-order valence-electron chi connectivity index (χ4n) is 1.89. The van der Waals surface area contributed by atoms with Crippen molar-refractivity contribution in [3.8, 4) is 0 Å². The van der Waals surface area contributed by atoms with Crippen LogP contribution in [0.5, 0.6) is 0 Å². The third kappa shape index (κ3) is 2.59. The summed E-state index contributed by atoms with van der Waals surface area (Å²) in [5.41, 5.74) is 7.97. The summed E-state index contributed by atoms with van der Waals surface area (Å²) in [6.45, 7) is 5.49. The summed E-state index contributed by atoms with van der Waals surface area (Å²) in [7, 11) is 0. The molecular formula is C12H17N5O2. The lowest BCUT2D eigenvalue weighted by atomic mass is 10.2. The number of amides is 1. The van der Waals surface area contributed by atoms with E-state index in [2.05, 4.69) is 20.3 Å². The Morgan fingerprint density at radius 3 is 2.68 bits per heavy atom. The topological polar surface area (TPSA) is 97.3 Å². The van der Waals surface area contributed by atoms with Gasteiger partial charge in [0.25, 0.3) is 0 Å². The summed E-state index contributed by atoms with van der Waals surface area (Å²) in [6, 6.07) is 3.47. The number of carbonyl (C=O) groups excluding carboxylic acids is 1.